The van der Waals surface area contributed by atoms with Gasteiger partial charge in [0.2, 0.25) is 5.91 Å². The first-order chi connectivity index (χ1) is 9.66. The third kappa shape index (κ3) is 4.34. The molecule has 3 heteroatoms. The molecule has 1 unspecified atom stereocenters. The summed E-state index contributed by atoms with van der Waals surface area (Å²) in [6, 6.07) is 9.59. The van der Waals surface area contributed by atoms with Gasteiger partial charge in [0, 0.05) is 12.5 Å². The van der Waals surface area contributed by atoms with Crippen molar-refractivity contribution < 1.29 is 9.90 Å². The predicted molar refractivity (Wildman–Crippen MR) is 80.2 cm³/mol. The molecular formula is C17H25NO2. The van der Waals surface area contributed by atoms with E-state index in [9.17, 15) is 9.90 Å². The van der Waals surface area contributed by atoms with Crippen LogP contribution in [-0.4, -0.2) is 17.6 Å². The predicted octanol–water partition coefficient (Wildman–Crippen LogP) is 3.05. The second kappa shape index (κ2) is 7.44. The third-order valence-corrected chi connectivity index (χ3v) is 4.29. The Morgan fingerprint density at radius 1 is 1.25 bits per heavy atom. The van der Waals surface area contributed by atoms with Crippen LogP contribution in [0, 0.1) is 11.8 Å². The molecule has 1 aliphatic carbocycles. The molecule has 0 aliphatic heterocycles. The number of amides is 1. The highest BCUT2D eigenvalue weighted by Crippen LogP contribution is 2.28. The van der Waals surface area contributed by atoms with Crippen molar-refractivity contribution in [1.82, 2.24) is 5.32 Å². The lowest BCUT2D eigenvalue weighted by Crippen LogP contribution is -2.34. The van der Waals surface area contributed by atoms with E-state index in [1.54, 1.807) is 0 Å². The summed E-state index contributed by atoms with van der Waals surface area (Å²) in [4.78, 5) is 12.0. The fourth-order valence-electron chi connectivity index (χ4n) is 2.84. The van der Waals surface area contributed by atoms with E-state index >= 15 is 0 Å². The van der Waals surface area contributed by atoms with E-state index in [1.807, 2.05) is 30.3 Å². The van der Waals surface area contributed by atoms with Crippen LogP contribution in [0.15, 0.2) is 30.3 Å². The van der Waals surface area contributed by atoms with Crippen molar-refractivity contribution in [2.45, 2.75) is 45.1 Å². The van der Waals surface area contributed by atoms with Gasteiger partial charge in [0.1, 0.15) is 0 Å². The van der Waals surface area contributed by atoms with E-state index in [4.69, 9.17) is 0 Å². The Hall–Kier alpha value is -1.35. The Labute approximate surface area is 121 Å². The number of carbonyl (C=O) groups excluding carboxylic acids is 1. The van der Waals surface area contributed by atoms with Gasteiger partial charge in [-0.3, -0.25) is 4.79 Å². The number of aliphatic hydroxyl groups excluding tert-OH is 1. The molecular weight excluding hydrogens is 250 g/mol. The molecule has 3 nitrogen and oxygen atoms in total. The minimum absolute atomic E-state index is 0.164. The fourth-order valence-corrected chi connectivity index (χ4v) is 2.84. The average Bonchev–Trinajstić information content (AvgIpc) is 2.48. The van der Waals surface area contributed by atoms with Gasteiger partial charge in [-0.15, -0.1) is 0 Å². The summed E-state index contributed by atoms with van der Waals surface area (Å²) < 4.78 is 0. The van der Waals surface area contributed by atoms with Crippen LogP contribution in [-0.2, 0) is 4.79 Å². The van der Waals surface area contributed by atoms with E-state index in [2.05, 4.69) is 12.2 Å². The summed E-state index contributed by atoms with van der Waals surface area (Å²) in [6.45, 7) is 2.80. The summed E-state index contributed by atoms with van der Waals surface area (Å²) in [5.74, 6) is 1.11. The smallest absolute Gasteiger partial charge is 0.223 e. The fraction of sp³-hybridized carbons (Fsp3) is 0.588. The molecule has 1 aromatic carbocycles. The Morgan fingerprint density at radius 3 is 2.55 bits per heavy atom. The molecule has 0 bridgehead atoms. The molecule has 0 spiro atoms. The maximum atomic E-state index is 12.0. The first-order valence-corrected chi connectivity index (χ1v) is 7.67. The molecule has 2 N–H and O–H groups in total. The quantitative estimate of drug-likeness (QED) is 0.867. The van der Waals surface area contributed by atoms with Gasteiger partial charge in [-0.2, -0.15) is 0 Å². The summed E-state index contributed by atoms with van der Waals surface area (Å²) in [5, 5.41) is 13.0. The Bertz CT molecular complexity index is 410. The number of rotatable bonds is 5. The molecule has 1 fully saturated rings. The lowest BCUT2D eigenvalue weighted by Gasteiger charge is -2.25. The zero-order valence-electron chi connectivity index (χ0n) is 12.2. The zero-order chi connectivity index (χ0) is 14.4. The largest absolute Gasteiger partial charge is 0.388 e. The second-order valence-corrected chi connectivity index (χ2v) is 5.96. The molecule has 110 valence electrons. The van der Waals surface area contributed by atoms with Gasteiger partial charge in [-0.05, 0) is 43.6 Å². The number of hydrogen-bond donors (Lipinski definition) is 2. The van der Waals surface area contributed by atoms with E-state index < -0.39 is 6.10 Å². The molecule has 1 aromatic rings. The van der Waals surface area contributed by atoms with Crippen molar-refractivity contribution >= 4 is 5.91 Å². The van der Waals surface area contributed by atoms with Gasteiger partial charge in [0.15, 0.2) is 0 Å². The Balaban J connectivity index is 1.69. The molecule has 20 heavy (non-hydrogen) atoms. The number of nitrogens with one attached hydrogen (secondary N) is 1. The topological polar surface area (TPSA) is 49.3 Å². The van der Waals surface area contributed by atoms with Gasteiger partial charge in [-0.25, -0.2) is 0 Å². The van der Waals surface area contributed by atoms with Crippen molar-refractivity contribution in [2.24, 2.45) is 11.8 Å². The molecule has 0 saturated heterocycles. The summed E-state index contributed by atoms with van der Waals surface area (Å²) in [5.41, 5.74) is 0.910. The summed E-state index contributed by atoms with van der Waals surface area (Å²) in [6.07, 6.45) is 4.40. The van der Waals surface area contributed by atoms with Crippen LogP contribution in [0.2, 0.25) is 0 Å². The minimum atomic E-state index is -0.497. The van der Waals surface area contributed by atoms with Gasteiger partial charge in [0.25, 0.3) is 0 Å². The number of hydrogen-bond acceptors (Lipinski definition) is 2. The highest BCUT2D eigenvalue weighted by Gasteiger charge is 2.23. The van der Waals surface area contributed by atoms with Gasteiger partial charge >= 0.3 is 0 Å². The molecule has 1 amide bonds. The molecule has 0 heterocycles. The molecule has 1 saturated carbocycles. The van der Waals surface area contributed by atoms with Crippen molar-refractivity contribution in [3.05, 3.63) is 35.9 Å². The van der Waals surface area contributed by atoms with Crippen LogP contribution < -0.4 is 5.32 Å². The molecule has 1 atom stereocenters. The van der Waals surface area contributed by atoms with E-state index in [1.165, 1.54) is 0 Å². The number of carbonyl (C=O) groups is 1. The van der Waals surface area contributed by atoms with E-state index in [0.717, 1.165) is 37.2 Å². The first-order valence-electron chi connectivity index (χ1n) is 7.67. The summed E-state index contributed by atoms with van der Waals surface area (Å²) in [7, 11) is 0. The van der Waals surface area contributed by atoms with Crippen molar-refractivity contribution in [1.29, 1.82) is 0 Å². The molecule has 2 rings (SSSR count). The third-order valence-electron chi connectivity index (χ3n) is 4.29. The van der Waals surface area contributed by atoms with Crippen LogP contribution >= 0.6 is 0 Å². The zero-order valence-corrected chi connectivity index (χ0v) is 12.2. The van der Waals surface area contributed by atoms with Crippen LogP contribution in [0.3, 0.4) is 0 Å². The van der Waals surface area contributed by atoms with Crippen molar-refractivity contribution in [3.8, 4) is 0 Å². The number of benzene rings is 1. The first kappa shape index (κ1) is 15.0. The standard InChI is InChI=1S/C17H25NO2/c1-13-7-9-15(10-8-13)17(20)18-12-11-16(19)14-5-3-2-4-6-14/h2-6,13,15-16,19H,7-12H2,1H3,(H,18,20). The monoisotopic (exact) mass is 275 g/mol. The van der Waals surface area contributed by atoms with E-state index in [0.29, 0.717) is 13.0 Å². The molecule has 1 aliphatic rings. The Kier molecular flexibility index (Phi) is 5.60. The highest BCUT2D eigenvalue weighted by atomic mass is 16.3. The van der Waals surface area contributed by atoms with Crippen LogP contribution in [0.1, 0.15) is 50.7 Å². The minimum Gasteiger partial charge on any atom is -0.388 e. The Morgan fingerprint density at radius 2 is 1.90 bits per heavy atom. The maximum absolute atomic E-state index is 12.0. The van der Waals surface area contributed by atoms with Crippen LogP contribution in [0.5, 0.6) is 0 Å². The van der Waals surface area contributed by atoms with Crippen LogP contribution in [0.25, 0.3) is 0 Å². The van der Waals surface area contributed by atoms with Gasteiger partial charge in [-0.1, -0.05) is 37.3 Å². The molecule has 0 radical (unpaired) electrons. The van der Waals surface area contributed by atoms with Crippen molar-refractivity contribution in [3.63, 3.8) is 0 Å². The van der Waals surface area contributed by atoms with Gasteiger partial charge < -0.3 is 10.4 Å². The van der Waals surface area contributed by atoms with Gasteiger partial charge in [0.05, 0.1) is 6.10 Å². The lowest BCUT2D eigenvalue weighted by atomic mass is 9.82. The van der Waals surface area contributed by atoms with Crippen molar-refractivity contribution in [2.75, 3.05) is 6.54 Å². The number of aliphatic hydroxyl groups is 1. The normalized spacial score (nSPS) is 24.1. The van der Waals surface area contributed by atoms with Crippen LogP contribution in [0.4, 0.5) is 0 Å². The SMILES string of the molecule is CC1CCC(C(=O)NCCC(O)c2ccccc2)CC1. The summed E-state index contributed by atoms with van der Waals surface area (Å²) >= 11 is 0. The average molecular weight is 275 g/mol. The molecule has 0 aromatic heterocycles. The van der Waals surface area contributed by atoms with E-state index in [-0.39, 0.29) is 11.8 Å². The highest BCUT2D eigenvalue weighted by molar-refractivity contribution is 5.78. The second-order valence-electron chi connectivity index (χ2n) is 5.96. The lowest BCUT2D eigenvalue weighted by molar-refractivity contribution is -0.126. The maximum Gasteiger partial charge on any atom is 0.223 e.